The molecule has 0 bridgehead atoms. The maximum atomic E-state index is 11.7. The molecule has 0 aromatic rings. The van der Waals surface area contributed by atoms with Gasteiger partial charge in [0.15, 0.2) is 0 Å². The lowest BCUT2D eigenvalue weighted by atomic mass is 10.0. The summed E-state index contributed by atoms with van der Waals surface area (Å²) in [5, 5.41) is 9.90. The molecule has 2 fully saturated rings. The minimum atomic E-state index is -0.247. The van der Waals surface area contributed by atoms with Crippen LogP contribution >= 0.6 is 0 Å². The van der Waals surface area contributed by atoms with Crippen LogP contribution in [-0.2, 0) is 4.79 Å². The van der Waals surface area contributed by atoms with Gasteiger partial charge < -0.3 is 14.9 Å². The van der Waals surface area contributed by atoms with Crippen molar-refractivity contribution < 1.29 is 9.90 Å². The standard InChI is InChI=1S/C15H26N2O2/c1-2-3-5-14(18)12-16-10-7-13(8-11-16)17-9-4-6-15(17)19/h2,13-14,18H,1,3-12H2. The Hall–Kier alpha value is -0.870. The second-order valence-corrected chi connectivity index (χ2v) is 5.74. The Kier molecular flexibility index (Phi) is 5.40. The number of rotatable bonds is 6. The normalized spacial score (nSPS) is 23.8. The summed E-state index contributed by atoms with van der Waals surface area (Å²) in [6.45, 7) is 7.39. The third-order valence-corrected chi connectivity index (χ3v) is 4.28. The maximum absolute atomic E-state index is 11.7. The number of amides is 1. The molecule has 0 saturated carbocycles. The molecular weight excluding hydrogens is 240 g/mol. The van der Waals surface area contributed by atoms with E-state index in [1.807, 2.05) is 6.08 Å². The zero-order valence-corrected chi connectivity index (χ0v) is 11.8. The molecule has 0 spiro atoms. The van der Waals surface area contributed by atoms with Gasteiger partial charge in [-0.25, -0.2) is 0 Å². The van der Waals surface area contributed by atoms with Crippen LogP contribution in [0, 0.1) is 0 Å². The van der Waals surface area contributed by atoms with E-state index in [0.717, 1.165) is 64.7 Å². The number of likely N-dealkylation sites (tertiary alicyclic amines) is 2. The lowest BCUT2D eigenvalue weighted by molar-refractivity contribution is -0.130. The molecule has 4 heteroatoms. The van der Waals surface area contributed by atoms with Crippen LogP contribution in [0.2, 0.25) is 0 Å². The number of hydrogen-bond donors (Lipinski definition) is 1. The predicted molar refractivity (Wildman–Crippen MR) is 75.8 cm³/mol. The highest BCUT2D eigenvalue weighted by Gasteiger charge is 2.30. The first kappa shape index (κ1) is 14.5. The van der Waals surface area contributed by atoms with E-state index in [9.17, 15) is 9.90 Å². The lowest BCUT2D eigenvalue weighted by Crippen LogP contribution is -2.47. The van der Waals surface area contributed by atoms with Crippen molar-refractivity contribution in [3.05, 3.63) is 12.7 Å². The molecule has 4 nitrogen and oxygen atoms in total. The molecule has 1 amide bonds. The maximum Gasteiger partial charge on any atom is 0.222 e. The minimum Gasteiger partial charge on any atom is -0.392 e. The fraction of sp³-hybridized carbons (Fsp3) is 0.800. The molecule has 1 atom stereocenters. The second kappa shape index (κ2) is 7.06. The molecule has 2 aliphatic rings. The third-order valence-electron chi connectivity index (χ3n) is 4.28. The summed E-state index contributed by atoms with van der Waals surface area (Å²) < 4.78 is 0. The largest absolute Gasteiger partial charge is 0.392 e. The van der Waals surface area contributed by atoms with Crippen molar-refractivity contribution in [2.45, 2.75) is 50.7 Å². The van der Waals surface area contributed by atoms with E-state index in [4.69, 9.17) is 0 Å². The number of β-amino-alcohol motifs (C(OH)–C–C–N with tert-alkyl or cyclic N) is 1. The fourth-order valence-corrected chi connectivity index (χ4v) is 3.17. The first-order valence-electron chi connectivity index (χ1n) is 7.51. The number of aliphatic hydroxyl groups is 1. The Morgan fingerprint density at radius 1 is 1.37 bits per heavy atom. The van der Waals surface area contributed by atoms with Gasteiger partial charge in [-0.15, -0.1) is 6.58 Å². The summed E-state index contributed by atoms with van der Waals surface area (Å²) in [6, 6.07) is 0.441. The van der Waals surface area contributed by atoms with E-state index in [1.54, 1.807) is 0 Å². The molecule has 0 radical (unpaired) electrons. The smallest absolute Gasteiger partial charge is 0.222 e. The quantitative estimate of drug-likeness (QED) is 0.739. The number of carbonyl (C=O) groups is 1. The van der Waals surface area contributed by atoms with Crippen LogP contribution in [0.4, 0.5) is 0 Å². The number of allylic oxidation sites excluding steroid dienone is 1. The number of hydrogen-bond acceptors (Lipinski definition) is 3. The van der Waals surface area contributed by atoms with E-state index in [0.29, 0.717) is 11.9 Å². The Bertz CT molecular complexity index is 311. The highest BCUT2D eigenvalue weighted by Crippen LogP contribution is 2.22. The zero-order chi connectivity index (χ0) is 13.7. The highest BCUT2D eigenvalue weighted by molar-refractivity contribution is 5.78. The SMILES string of the molecule is C=CCCC(O)CN1CCC(N2CCCC2=O)CC1. The summed E-state index contributed by atoms with van der Waals surface area (Å²) in [5.41, 5.74) is 0. The molecule has 2 heterocycles. The topological polar surface area (TPSA) is 43.8 Å². The van der Waals surface area contributed by atoms with Crippen LogP contribution in [0.5, 0.6) is 0 Å². The van der Waals surface area contributed by atoms with Gasteiger partial charge in [0.2, 0.25) is 5.91 Å². The Labute approximate surface area is 116 Å². The number of nitrogens with zero attached hydrogens (tertiary/aromatic N) is 2. The van der Waals surface area contributed by atoms with Gasteiger partial charge in [-0.05, 0) is 32.1 Å². The Balaban J connectivity index is 1.70. The molecular formula is C15H26N2O2. The molecule has 2 rings (SSSR count). The Morgan fingerprint density at radius 3 is 2.68 bits per heavy atom. The monoisotopic (exact) mass is 266 g/mol. The summed E-state index contributed by atoms with van der Waals surface area (Å²) in [6.07, 6.45) is 7.16. The molecule has 108 valence electrons. The van der Waals surface area contributed by atoms with Crippen LogP contribution in [0.15, 0.2) is 12.7 Å². The predicted octanol–water partition coefficient (Wildman–Crippen LogP) is 1.40. The van der Waals surface area contributed by atoms with Gasteiger partial charge in [-0.1, -0.05) is 6.08 Å². The first-order chi connectivity index (χ1) is 9.20. The van der Waals surface area contributed by atoms with Crippen LogP contribution < -0.4 is 0 Å². The molecule has 2 aliphatic heterocycles. The van der Waals surface area contributed by atoms with Crippen LogP contribution in [0.25, 0.3) is 0 Å². The second-order valence-electron chi connectivity index (χ2n) is 5.74. The van der Waals surface area contributed by atoms with Gasteiger partial charge in [-0.2, -0.15) is 0 Å². The van der Waals surface area contributed by atoms with E-state index in [1.165, 1.54) is 0 Å². The zero-order valence-electron chi connectivity index (χ0n) is 11.8. The number of aliphatic hydroxyl groups excluding tert-OH is 1. The van der Waals surface area contributed by atoms with Gasteiger partial charge >= 0.3 is 0 Å². The van der Waals surface area contributed by atoms with Crippen molar-refractivity contribution >= 4 is 5.91 Å². The molecule has 0 aliphatic carbocycles. The van der Waals surface area contributed by atoms with Gasteiger partial charge in [-0.3, -0.25) is 4.79 Å². The first-order valence-corrected chi connectivity index (χ1v) is 7.51. The Morgan fingerprint density at radius 2 is 2.11 bits per heavy atom. The fourth-order valence-electron chi connectivity index (χ4n) is 3.17. The van der Waals surface area contributed by atoms with Crippen LogP contribution in [-0.4, -0.2) is 59.1 Å². The summed E-state index contributed by atoms with van der Waals surface area (Å²) in [7, 11) is 0. The highest BCUT2D eigenvalue weighted by atomic mass is 16.3. The van der Waals surface area contributed by atoms with E-state index in [-0.39, 0.29) is 6.10 Å². The number of piperidine rings is 1. The van der Waals surface area contributed by atoms with Crippen molar-refractivity contribution in [2.75, 3.05) is 26.2 Å². The summed E-state index contributed by atoms with van der Waals surface area (Å²) in [4.78, 5) is 16.1. The molecule has 0 aromatic heterocycles. The van der Waals surface area contributed by atoms with Gasteiger partial charge in [0.05, 0.1) is 6.10 Å². The minimum absolute atomic E-state index is 0.247. The van der Waals surface area contributed by atoms with Crippen molar-refractivity contribution in [2.24, 2.45) is 0 Å². The summed E-state index contributed by atoms with van der Waals surface area (Å²) in [5.74, 6) is 0.337. The number of carbonyl (C=O) groups excluding carboxylic acids is 1. The van der Waals surface area contributed by atoms with Gasteiger partial charge in [0.25, 0.3) is 0 Å². The van der Waals surface area contributed by atoms with E-state index < -0.39 is 0 Å². The summed E-state index contributed by atoms with van der Waals surface area (Å²) >= 11 is 0. The van der Waals surface area contributed by atoms with E-state index >= 15 is 0 Å². The molecule has 19 heavy (non-hydrogen) atoms. The van der Waals surface area contributed by atoms with Crippen molar-refractivity contribution in [1.82, 2.24) is 9.80 Å². The van der Waals surface area contributed by atoms with Gasteiger partial charge in [0.1, 0.15) is 0 Å². The molecule has 1 N–H and O–H groups in total. The molecule has 2 saturated heterocycles. The van der Waals surface area contributed by atoms with Crippen molar-refractivity contribution in [1.29, 1.82) is 0 Å². The lowest BCUT2D eigenvalue weighted by Gasteiger charge is -2.37. The van der Waals surface area contributed by atoms with Gasteiger partial charge in [0, 0.05) is 38.6 Å². The average molecular weight is 266 g/mol. The van der Waals surface area contributed by atoms with Crippen molar-refractivity contribution in [3.63, 3.8) is 0 Å². The van der Waals surface area contributed by atoms with Crippen LogP contribution in [0.3, 0.4) is 0 Å². The third kappa shape index (κ3) is 4.05. The van der Waals surface area contributed by atoms with E-state index in [2.05, 4.69) is 16.4 Å². The molecule has 0 aromatic carbocycles. The van der Waals surface area contributed by atoms with Crippen LogP contribution in [0.1, 0.15) is 38.5 Å². The molecule has 1 unspecified atom stereocenters. The van der Waals surface area contributed by atoms with Crippen molar-refractivity contribution in [3.8, 4) is 0 Å². The average Bonchev–Trinajstić information content (AvgIpc) is 2.83.